The van der Waals surface area contributed by atoms with Crippen molar-refractivity contribution in [3.63, 3.8) is 0 Å². The van der Waals surface area contributed by atoms with E-state index in [0.29, 0.717) is 32.7 Å². The number of benzene rings is 2. The quantitative estimate of drug-likeness (QED) is 0.779. The molecule has 5 heteroatoms. The minimum absolute atomic E-state index is 0.0419. The van der Waals surface area contributed by atoms with Gasteiger partial charge in [0.25, 0.3) is 0 Å². The zero-order valence-corrected chi connectivity index (χ0v) is 15.6. The lowest BCUT2D eigenvalue weighted by molar-refractivity contribution is -0.135. The number of carbonyl (C=O) groups excluding carboxylic acids is 2. The fourth-order valence-electron chi connectivity index (χ4n) is 3.55. The lowest BCUT2D eigenvalue weighted by atomic mass is 10.1. The van der Waals surface area contributed by atoms with Gasteiger partial charge in [0.1, 0.15) is 0 Å². The number of nitrogens with two attached hydrogens (primary N) is 1. The highest BCUT2D eigenvalue weighted by Gasteiger charge is 2.36. The Kier molecular flexibility index (Phi) is 6.60. The maximum atomic E-state index is 13.0. The number of amides is 2. The smallest absolute Gasteiger partial charge is 0.228 e. The van der Waals surface area contributed by atoms with Crippen molar-refractivity contribution in [2.24, 2.45) is 11.7 Å². The van der Waals surface area contributed by atoms with Crippen molar-refractivity contribution in [1.29, 1.82) is 0 Å². The predicted octanol–water partition coefficient (Wildman–Crippen LogP) is 2.07. The van der Waals surface area contributed by atoms with Gasteiger partial charge >= 0.3 is 0 Å². The largest absolute Gasteiger partial charge is 0.341 e. The molecule has 2 aromatic carbocycles. The second-order valence-electron chi connectivity index (χ2n) is 7.01. The highest BCUT2D eigenvalue weighted by atomic mass is 16.2. The Balaban J connectivity index is 1.59. The average molecular weight is 365 g/mol. The zero-order valence-electron chi connectivity index (χ0n) is 15.6. The molecule has 5 nitrogen and oxygen atoms in total. The van der Waals surface area contributed by atoms with Crippen molar-refractivity contribution < 1.29 is 9.59 Å². The molecule has 0 aliphatic carbocycles. The molecule has 3 rings (SSSR count). The molecule has 1 saturated heterocycles. The van der Waals surface area contributed by atoms with Gasteiger partial charge in [-0.25, -0.2) is 0 Å². The first-order valence-electron chi connectivity index (χ1n) is 9.52. The summed E-state index contributed by atoms with van der Waals surface area (Å²) in [6.07, 6.45) is 1.08. The predicted molar refractivity (Wildman–Crippen MR) is 106 cm³/mol. The van der Waals surface area contributed by atoms with Gasteiger partial charge in [-0.15, -0.1) is 0 Å². The summed E-state index contributed by atoms with van der Waals surface area (Å²) in [5, 5.41) is 0. The van der Waals surface area contributed by atoms with E-state index in [9.17, 15) is 9.59 Å². The molecule has 0 saturated carbocycles. The molecule has 1 aliphatic heterocycles. The minimum Gasteiger partial charge on any atom is -0.341 e. The van der Waals surface area contributed by atoms with Crippen molar-refractivity contribution >= 4 is 11.8 Å². The van der Waals surface area contributed by atoms with Crippen LogP contribution in [0, 0.1) is 5.92 Å². The molecule has 2 amide bonds. The van der Waals surface area contributed by atoms with E-state index in [0.717, 1.165) is 12.0 Å². The molecular formula is C22H27N3O2. The molecule has 0 spiro atoms. The van der Waals surface area contributed by atoms with Crippen LogP contribution in [0.1, 0.15) is 17.5 Å². The van der Waals surface area contributed by atoms with E-state index in [4.69, 9.17) is 5.73 Å². The molecule has 2 aromatic rings. The fourth-order valence-corrected chi connectivity index (χ4v) is 3.55. The number of hydrogen-bond donors (Lipinski definition) is 1. The van der Waals surface area contributed by atoms with E-state index in [-0.39, 0.29) is 24.2 Å². The molecule has 1 fully saturated rings. The van der Waals surface area contributed by atoms with E-state index in [1.165, 1.54) is 5.56 Å². The summed E-state index contributed by atoms with van der Waals surface area (Å²) in [4.78, 5) is 29.0. The second-order valence-corrected chi connectivity index (χ2v) is 7.01. The fraction of sp³-hybridized carbons (Fsp3) is 0.364. The van der Waals surface area contributed by atoms with E-state index >= 15 is 0 Å². The van der Waals surface area contributed by atoms with Gasteiger partial charge in [0.2, 0.25) is 11.8 Å². The SMILES string of the molecule is NCCN(CCc1ccccc1)C(=O)C1CC(=O)N(Cc2ccccc2)C1. The third-order valence-corrected chi connectivity index (χ3v) is 5.00. The summed E-state index contributed by atoms with van der Waals surface area (Å²) in [5.74, 6) is -0.184. The third-order valence-electron chi connectivity index (χ3n) is 5.00. The molecule has 1 heterocycles. The Bertz CT molecular complexity index is 749. The Morgan fingerprint density at radius 2 is 1.63 bits per heavy atom. The maximum Gasteiger partial charge on any atom is 0.228 e. The van der Waals surface area contributed by atoms with Crippen LogP contribution in [0.25, 0.3) is 0 Å². The van der Waals surface area contributed by atoms with Gasteiger partial charge < -0.3 is 15.5 Å². The Morgan fingerprint density at radius 1 is 1.00 bits per heavy atom. The molecule has 0 bridgehead atoms. The third kappa shape index (κ3) is 5.17. The van der Waals surface area contributed by atoms with Crippen LogP contribution in [0.5, 0.6) is 0 Å². The van der Waals surface area contributed by atoms with Crippen LogP contribution in [-0.2, 0) is 22.6 Å². The van der Waals surface area contributed by atoms with Crippen molar-refractivity contribution in [1.82, 2.24) is 9.80 Å². The second kappa shape index (κ2) is 9.33. The highest BCUT2D eigenvalue weighted by molar-refractivity contribution is 5.89. The molecule has 142 valence electrons. The highest BCUT2D eigenvalue weighted by Crippen LogP contribution is 2.22. The first-order chi connectivity index (χ1) is 13.2. The Hall–Kier alpha value is -2.66. The van der Waals surface area contributed by atoms with Crippen LogP contribution in [0.4, 0.5) is 0 Å². The summed E-state index contributed by atoms with van der Waals surface area (Å²) in [7, 11) is 0. The van der Waals surface area contributed by atoms with Gasteiger partial charge in [-0.1, -0.05) is 60.7 Å². The van der Waals surface area contributed by atoms with Crippen molar-refractivity contribution in [2.75, 3.05) is 26.2 Å². The summed E-state index contributed by atoms with van der Waals surface area (Å²) in [6, 6.07) is 20.0. The van der Waals surface area contributed by atoms with Gasteiger partial charge in [0.05, 0.1) is 5.92 Å². The van der Waals surface area contributed by atoms with Gasteiger partial charge in [0, 0.05) is 39.1 Å². The van der Waals surface area contributed by atoms with Crippen LogP contribution in [-0.4, -0.2) is 47.8 Å². The van der Waals surface area contributed by atoms with Crippen LogP contribution in [0.15, 0.2) is 60.7 Å². The summed E-state index contributed by atoms with van der Waals surface area (Å²) < 4.78 is 0. The Morgan fingerprint density at radius 3 is 2.26 bits per heavy atom. The van der Waals surface area contributed by atoms with E-state index in [2.05, 4.69) is 12.1 Å². The summed E-state index contributed by atoms with van der Waals surface area (Å²) in [6.45, 7) is 2.62. The van der Waals surface area contributed by atoms with Gasteiger partial charge in [-0.2, -0.15) is 0 Å². The zero-order chi connectivity index (χ0) is 19.1. The summed E-state index contributed by atoms with van der Waals surface area (Å²) in [5.41, 5.74) is 8.00. The molecule has 1 atom stereocenters. The summed E-state index contributed by atoms with van der Waals surface area (Å²) >= 11 is 0. The van der Waals surface area contributed by atoms with Crippen LogP contribution < -0.4 is 5.73 Å². The average Bonchev–Trinajstić information content (AvgIpc) is 3.06. The molecule has 0 aromatic heterocycles. The minimum atomic E-state index is -0.275. The number of carbonyl (C=O) groups is 2. The van der Waals surface area contributed by atoms with E-state index in [1.54, 1.807) is 4.90 Å². The van der Waals surface area contributed by atoms with Gasteiger partial charge in [0.15, 0.2) is 0 Å². The van der Waals surface area contributed by atoms with Crippen LogP contribution in [0.3, 0.4) is 0 Å². The normalized spacial score (nSPS) is 16.6. The van der Waals surface area contributed by atoms with Crippen LogP contribution >= 0.6 is 0 Å². The van der Waals surface area contributed by atoms with Gasteiger partial charge in [-0.3, -0.25) is 9.59 Å². The first-order valence-corrected chi connectivity index (χ1v) is 9.52. The lowest BCUT2D eigenvalue weighted by Gasteiger charge is -2.25. The van der Waals surface area contributed by atoms with E-state index in [1.807, 2.05) is 53.4 Å². The maximum absolute atomic E-state index is 13.0. The Labute approximate surface area is 160 Å². The molecule has 1 aliphatic rings. The molecule has 2 N–H and O–H groups in total. The first kappa shape index (κ1) is 19.1. The van der Waals surface area contributed by atoms with Gasteiger partial charge in [-0.05, 0) is 17.5 Å². The van der Waals surface area contributed by atoms with Crippen molar-refractivity contribution in [3.05, 3.63) is 71.8 Å². The molecular weight excluding hydrogens is 338 g/mol. The standard InChI is InChI=1S/C22H27N3O2/c23-12-14-24(13-11-18-7-3-1-4-8-18)22(27)20-15-21(26)25(17-20)16-19-9-5-2-6-10-19/h1-10,20H,11-17,23H2. The lowest BCUT2D eigenvalue weighted by Crippen LogP contribution is -2.41. The molecule has 1 unspecified atom stereocenters. The monoisotopic (exact) mass is 365 g/mol. The van der Waals surface area contributed by atoms with Crippen molar-refractivity contribution in [3.8, 4) is 0 Å². The molecule has 27 heavy (non-hydrogen) atoms. The van der Waals surface area contributed by atoms with E-state index < -0.39 is 0 Å². The topological polar surface area (TPSA) is 66.6 Å². The van der Waals surface area contributed by atoms with Crippen molar-refractivity contribution in [2.45, 2.75) is 19.4 Å². The number of nitrogens with zero attached hydrogens (tertiary/aromatic N) is 2. The molecule has 0 radical (unpaired) electrons. The van der Waals surface area contributed by atoms with Crippen LogP contribution in [0.2, 0.25) is 0 Å². The number of likely N-dealkylation sites (tertiary alicyclic amines) is 1. The number of rotatable bonds is 8. The number of hydrogen-bond acceptors (Lipinski definition) is 3.